The largest absolute Gasteiger partial charge is 0.478 e. The first kappa shape index (κ1) is 29.5. The fraction of sp³-hybridized carbons (Fsp3) is 0.280. The Hall–Kier alpha value is -3.08. The van der Waals surface area contributed by atoms with E-state index in [9.17, 15) is 27.9 Å². The Morgan fingerprint density at radius 1 is 1.08 bits per heavy atom. The van der Waals surface area contributed by atoms with Crippen LogP contribution in [0.5, 0.6) is 0 Å². The van der Waals surface area contributed by atoms with Crippen molar-refractivity contribution >= 4 is 59.0 Å². The second kappa shape index (κ2) is 11.8. The van der Waals surface area contributed by atoms with Gasteiger partial charge in [0.25, 0.3) is 5.78 Å². The molecule has 4 rings (SSSR count). The number of carbonyl (C=O) groups excluding carboxylic acids is 1. The predicted octanol–water partition coefficient (Wildman–Crippen LogP) is 6.36. The fourth-order valence-corrected chi connectivity index (χ4v) is 4.90. The van der Waals surface area contributed by atoms with Gasteiger partial charge in [-0.25, -0.2) is 14.8 Å². The van der Waals surface area contributed by atoms with Crippen LogP contribution < -0.4 is 10.6 Å². The lowest BCUT2D eigenvalue weighted by atomic mass is 9.92. The van der Waals surface area contributed by atoms with E-state index in [0.29, 0.717) is 52.3 Å². The van der Waals surface area contributed by atoms with Gasteiger partial charge in [-0.2, -0.15) is 13.2 Å². The number of benzene rings is 1. The monoisotopic (exact) mass is 588 g/mol. The molecule has 0 radical (unpaired) electrons. The van der Waals surface area contributed by atoms with Crippen LogP contribution in [0.4, 0.5) is 24.8 Å². The number of aromatic carboxylic acids is 1. The second-order valence-electron chi connectivity index (χ2n) is 8.72. The highest BCUT2D eigenvalue weighted by Gasteiger charge is 2.40. The van der Waals surface area contributed by atoms with Crippen molar-refractivity contribution < 1.29 is 27.9 Å². The van der Waals surface area contributed by atoms with Crippen molar-refractivity contribution in [2.24, 2.45) is 5.92 Å². The van der Waals surface area contributed by atoms with Crippen LogP contribution >= 0.6 is 35.6 Å². The quantitative estimate of drug-likeness (QED) is 0.322. The summed E-state index contributed by atoms with van der Waals surface area (Å²) in [6, 6.07) is 10.4. The normalized spacial score (nSPS) is 15.6. The summed E-state index contributed by atoms with van der Waals surface area (Å²) in [4.78, 5) is 34.0. The minimum Gasteiger partial charge on any atom is -0.478 e. The highest BCUT2D eigenvalue weighted by molar-refractivity contribution is 6.36. The third-order valence-corrected chi connectivity index (χ3v) is 6.66. The molecule has 7 nitrogen and oxygen atoms in total. The molecule has 0 bridgehead atoms. The van der Waals surface area contributed by atoms with E-state index in [1.807, 2.05) is 4.90 Å². The van der Waals surface area contributed by atoms with Crippen molar-refractivity contribution in [2.75, 3.05) is 23.7 Å². The number of halogens is 6. The van der Waals surface area contributed by atoms with Crippen LogP contribution in [0.1, 0.15) is 39.3 Å². The van der Waals surface area contributed by atoms with E-state index in [1.165, 1.54) is 12.1 Å². The van der Waals surface area contributed by atoms with Gasteiger partial charge in [-0.1, -0.05) is 23.2 Å². The van der Waals surface area contributed by atoms with Gasteiger partial charge >= 0.3 is 12.1 Å². The Balaban J connectivity index is 0.00000400. The van der Waals surface area contributed by atoms with Crippen molar-refractivity contribution in [2.45, 2.75) is 25.4 Å². The van der Waals surface area contributed by atoms with Crippen molar-refractivity contribution in [1.29, 1.82) is 0 Å². The molecule has 202 valence electrons. The van der Waals surface area contributed by atoms with Crippen LogP contribution in [0.2, 0.25) is 10.0 Å². The summed E-state index contributed by atoms with van der Waals surface area (Å²) in [5, 5.41) is 10.6. The summed E-state index contributed by atoms with van der Waals surface area (Å²) in [5.74, 6) is -3.36. The molecule has 1 aliphatic heterocycles. The Labute approximate surface area is 232 Å². The van der Waals surface area contributed by atoms with Crippen molar-refractivity contribution in [3.63, 3.8) is 0 Å². The molecule has 1 aliphatic rings. The van der Waals surface area contributed by atoms with Gasteiger partial charge in [-0.15, -0.1) is 12.4 Å². The summed E-state index contributed by atoms with van der Waals surface area (Å²) in [5.41, 5.74) is 6.53. The number of carbonyl (C=O) groups is 2. The van der Waals surface area contributed by atoms with Crippen molar-refractivity contribution in [3.8, 4) is 11.3 Å². The van der Waals surface area contributed by atoms with Gasteiger partial charge in [-0.3, -0.25) is 4.79 Å². The lowest BCUT2D eigenvalue weighted by Crippen LogP contribution is -2.38. The average molecular weight is 590 g/mol. The van der Waals surface area contributed by atoms with Gasteiger partial charge in [0.05, 0.1) is 16.3 Å². The molecular formula is C25H22Cl3F3N4O3. The molecule has 38 heavy (non-hydrogen) atoms. The Bertz CT molecular complexity index is 1370. The van der Waals surface area contributed by atoms with Crippen LogP contribution in [0.3, 0.4) is 0 Å². The average Bonchev–Trinajstić information content (AvgIpc) is 2.83. The summed E-state index contributed by atoms with van der Waals surface area (Å²) >= 11 is 12.3. The number of carboxylic acids is 1. The summed E-state index contributed by atoms with van der Waals surface area (Å²) in [6.45, 7) is 1.01. The molecule has 0 amide bonds. The number of rotatable bonds is 6. The number of alkyl halides is 3. The standard InChI is InChI=1S/C25H21Cl2F3N4O3.ClH/c26-14-3-5-16(19(27)11-14)20-8-7-18(24(36)37)23(33-20)34-9-1-2-13(12-34)10-15-4-6-17(22(31)32-15)21(35)25(28,29)30;/h3-8,11,13H,1-2,9-10,12H2,(H2,31,32)(H,36,37);1H. The highest BCUT2D eigenvalue weighted by atomic mass is 35.5. The topological polar surface area (TPSA) is 109 Å². The molecule has 3 N–H and O–H groups in total. The van der Waals surface area contributed by atoms with E-state index >= 15 is 0 Å². The van der Waals surface area contributed by atoms with E-state index in [1.54, 1.807) is 24.3 Å². The van der Waals surface area contributed by atoms with E-state index in [2.05, 4.69) is 9.97 Å². The van der Waals surface area contributed by atoms with Crippen LogP contribution in [0, 0.1) is 5.92 Å². The number of pyridine rings is 2. The fourth-order valence-electron chi connectivity index (χ4n) is 4.40. The third-order valence-electron chi connectivity index (χ3n) is 6.11. The van der Waals surface area contributed by atoms with Gasteiger partial charge in [0, 0.05) is 29.4 Å². The maximum absolute atomic E-state index is 12.8. The molecule has 0 aliphatic carbocycles. The summed E-state index contributed by atoms with van der Waals surface area (Å²) in [7, 11) is 0. The van der Waals surface area contributed by atoms with Crippen LogP contribution in [-0.2, 0) is 6.42 Å². The number of nitrogen functional groups attached to an aromatic ring is 1. The molecule has 0 spiro atoms. The van der Waals surface area contributed by atoms with E-state index in [0.717, 1.165) is 18.9 Å². The predicted molar refractivity (Wildman–Crippen MR) is 142 cm³/mol. The summed E-state index contributed by atoms with van der Waals surface area (Å²) < 4.78 is 38.3. The molecule has 1 aromatic carbocycles. The lowest BCUT2D eigenvalue weighted by Gasteiger charge is -2.34. The first-order chi connectivity index (χ1) is 17.4. The number of hydrogen-bond acceptors (Lipinski definition) is 6. The van der Waals surface area contributed by atoms with Gasteiger partial charge in [0.1, 0.15) is 17.2 Å². The number of ketones is 1. The zero-order valence-electron chi connectivity index (χ0n) is 19.6. The Morgan fingerprint density at radius 2 is 1.79 bits per heavy atom. The maximum atomic E-state index is 12.8. The van der Waals surface area contributed by atoms with Gasteiger partial charge in [0.15, 0.2) is 0 Å². The number of aromatic nitrogens is 2. The summed E-state index contributed by atoms with van der Waals surface area (Å²) in [6.07, 6.45) is -3.14. The molecule has 1 atom stereocenters. The van der Waals surface area contributed by atoms with E-state index in [4.69, 9.17) is 28.9 Å². The van der Waals surface area contributed by atoms with E-state index in [-0.39, 0.29) is 23.9 Å². The number of nitrogens with two attached hydrogens (primary N) is 1. The zero-order valence-corrected chi connectivity index (χ0v) is 22.0. The van der Waals surface area contributed by atoms with Gasteiger partial charge in [-0.05, 0) is 67.6 Å². The lowest BCUT2D eigenvalue weighted by molar-refractivity contribution is -0.0884. The molecule has 1 fully saturated rings. The molecule has 3 heterocycles. The molecule has 1 unspecified atom stereocenters. The van der Waals surface area contributed by atoms with Gasteiger partial charge < -0.3 is 15.7 Å². The SMILES string of the molecule is Cl.Nc1nc(CC2CCCN(c3nc(-c4ccc(Cl)cc4Cl)ccc3C(=O)O)C2)ccc1C(=O)C(F)(F)F. The molecule has 3 aromatic rings. The van der Waals surface area contributed by atoms with Crippen LogP contribution in [-0.4, -0.2) is 46.1 Å². The Kier molecular flexibility index (Phi) is 9.12. The Morgan fingerprint density at radius 3 is 2.42 bits per heavy atom. The minimum absolute atomic E-state index is 0. The first-order valence-corrected chi connectivity index (χ1v) is 12.0. The second-order valence-corrected chi connectivity index (χ2v) is 9.56. The first-order valence-electron chi connectivity index (χ1n) is 11.3. The number of anilines is 2. The number of nitrogens with zero attached hydrogens (tertiary/aromatic N) is 3. The number of hydrogen-bond donors (Lipinski definition) is 2. The number of carboxylic acid groups (broad SMARTS) is 1. The maximum Gasteiger partial charge on any atom is 0.455 e. The smallest absolute Gasteiger partial charge is 0.455 e. The third kappa shape index (κ3) is 6.48. The molecule has 2 aromatic heterocycles. The highest BCUT2D eigenvalue weighted by Crippen LogP contribution is 2.33. The minimum atomic E-state index is -5.04. The zero-order chi connectivity index (χ0) is 26.9. The van der Waals surface area contributed by atoms with Gasteiger partial charge in [0.2, 0.25) is 0 Å². The number of piperidine rings is 1. The van der Waals surface area contributed by atoms with Crippen molar-refractivity contribution in [3.05, 3.63) is 69.3 Å². The molecule has 1 saturated heterocycles. The number of Topliss-reactive ketones (excluding diaryl/α,β-unsaturated/α-hetero) is 1. The molecule has 13 heteroatoms. The van der Waals surface area contributed by atoms with E-state index < -0.39 is 29.3 Å². The van der Waals surface area contributed by atoms with Crippen LogP contribution in [0.15, 0.2) is 42.5 Å². The molecule has 0 saturated carbocycles. The van der Waals surface area contributed by atoms with Crippen LogP contribution in [0.25, 0.3) is 11.3 Å². The van der Waals surface area contributed by atoms with Crippen molar-refractivity contribution in [1.82, 2.24) is 9.97 Å². The molecular weight excluding hydrogens is 568 g/mol.